The van der Waals surface area contributed by atoms with Crippen LogP contribution < -0.4 is 0 Å². The van der Waals surface area contributed by atoms with Gasteiger partial charge < -0.3 is 4.74 Å². The van der Waals surface area contributed by atoms with Gasteiger partial charge in [0.15, 0.2) is 0 Å². The van der Waals surface area contributed by atoms with Crippen molar-refractivity contribution in [3.8, 4) is 11.1 Å². The number of ether oxygens (including phenoxy) is 1. The maximum atomic E-state index is 5.56. The topological polar surface area (TPSA) is 57.2 Å². The third kappa shape index (κ3) is 2.63. The molecule has 138 valence electrons. The number of imidazole rings is 1. The number of aryl methyl sites for hydroxylation is 3. The number of fused-ring (bicyclic) bond motifs is 3. The first-order valence-corrected chi connectivity index (χ1v) is 9.48. The van der Waals surface area contributed by atoms with Crippen molar-refractivity contribution in [2.75, 3.05) is 13.2 Å². The zero-order valence-corrected chi connectivity index (χ0v) is 15.9. The van der Waals surface area contributed by atoms with E-state index in [2.05, 4.69) is 45.8 Å². The lowest BCUT2D eigenvalue weighted by atomic mass is 9.99. The van der Waals surface area contributed by atoms with Gasteiger partial charge in [0.2, 0.25) is 0 Å². The molecule has 4 aromatic rings. The number of hydrogen-bond donors (Lipinski definition) is 0. The Morgan fingerprint density at radius 1 is 1.07 bits per heavy atom. The van der Waals surface area contributed by atoms with Crippen LogP contribution in [0.3, 0.4) is 0 Å². The van der Waals surface area contributed by atoms with Crippen LogP contribution in [0.15, 0.2) is 30.6 Å². The maximum absolute atomic E-state index is 5.56. The second-order valence-corrected chi connectivity index (χ2v) is 7.43. The highest BCUT2D eigenvalue weighted by atomic mass is 16.5. The fraction of sp³-hybridized carbons (Fsp3) is 0.381. The molecule has 3 aromatic heterocycles. The minimum atomic E-state index is 0.425. The monoisotopic (exact) mass is 361 g/mol. The Morgan fingerprint density at radius 2 is 1.89 bits per heavy atom. The second-order valence-electron chi connectivity index (χ2n) is 7.43. The number of rotatable bonds is 2. The van der Waals surface area contributed by atoms with Gasteiger partial charge in [-0.3, -0.25) is 14.1 Å². The predicted molar refractivity (Wildman–Crippen MR) is 105 cm³/mol. The highest BCUT2D eigenvalue weighted by Crippen LogP contribution is 2.32. The van der Waals surface area contributed by atoms with Crippen molar-refractivity contribution in [2.24, 2.45) is 7.05 Å². The van der Waals surface area contributed by atoms with Crippen molar-refractivity contribution >= 4 is 16.6 Å². The quantitative estimate of drug-likeness (QED) is 0.545. The van der Waals surface area contributed by atoms with Gasteiger partial charge >= 0.3 is 0 Å². The third-order valence-corrected chi connectivity index (χ3v) is 5.58. The molecule has 27 heavy (non-hydrogen) atoms. The summed E-state index contributed by atoms with van der Waals surface area (Å²) in [6.07, 6.45) is 6.05. The fourth-order valence-corrected chi connectivity index (χ4v) is 4.19. The number of benzene rings is 1. The Bertz CT molecular complexity index is 1150. The molecule has 0 unspecified atom stereocenters. The van der Waals surface area contributed by atoms with E-state index in [0.717, 1.165) is 70.9 Å². The Balaban J connectivity index is 1.77. The molecule has 0 N–H and O–H groups in total. The Hall–Kier alpha value is -2.73. The molecule has 1 aromatic carbocycles. The summed E-state index contributed by atoms with van der Waals surface area (Å²) in [6, 6.07) is 6.45. The molecule has 0 atom stereocenters. The van der Waals surface area contributed by atoms with E-state index < -0.39 is 0 Å². The Morgan fingerprint density at radius 3 is 2.63 bits per heavy atom. The summed E-state index contributed by atoms with van der Waals surface area (Å²) in [6.45, 7) is 5.73. The van der Waals surface area contributed by atoms with E-state index in [4.69, 9.17) is 9.72 Å². The zero-order chi connectivity index (χ0) is 18.5. The summed E-state index contributed by atoms with van der Waals surface area (Å²) in [5.74, 6) is 1.56. The lowest BCUT2D eigenvalue weighted by Gasteiger charge is -2.21. The molecule has 1 saturated heterocycles. The van der Waals surface area contributed by atoms with E-state index in [1.54, 1.807) is 0 Å². The van der Waals surface area contributed by atoms with E-state index in [1.165, 1.54) is 0 Å². The van der Waals surface area contributed by atoms with Gasteiger partial charge in [0.1, 0.15) is 5.82 Å². The van der Waals surface area contributed by atoms with Gasteiger partial charge in [0.05, 0.1) is 34.1 Å². The first-order valence-electron chi connectivity index (χ1n) is 9.48. The zero-order valence-electron chi connectivity index (χ0n) is 15.9. The average molecular weight is 361 g/mol. The van der Waals surface area contributed by atoms with Crippen LogP contribution in [0.2, 0.25) is 0 Å². The molecule has 0 spiro atoms. The standard InChI is InChI=1S/C21H23N5O/c1-13-17(12-25(3)24-13)16-4-5-18-19(10-16)26-20(11-22-18)14(2)23-21(26)15-6-8-27-9-7-15/h4-5,10-12,15H,6-9H2,1-3H3. The van der Waals surface area contributed by atoms with Crippen LogP contribution in [-0.4, -0.2) is 37.4 Å². The lowest BCUT2D eigenvalue weighted by Crippen LogP contribution is -2.16. The molecule has 6 heteroatoms. The largest absolute Gasteiger partial charge is 0.381 e. The molecule has 0 bridgehead atoms. The molecule has 0 aliphatic carbocycles. The highest BCUT2D eigenvalue weighted by molar-refractivity contribution is 5.84. The summed E-state index contributed by atoms with van der Waals surface area (Å²) >= 11 is 0. The molecule has 0 saturated carbocycles. The molecular weight excluding hydrogens is 338 g/mol. The van der Waals surface area contributed by atoms with Crippen molar-refractivity contribution in [3.05, 3.63) is 47.8 Å². The van der Waals surface area contributed by atoms with Crippen molar-refractivity contribution in [2.45, 2.75) is 32.6 Å². The summed E-state index contributed by atoms with van der Waals surface area (Å²) in [7, 11) is 1.96. The van der Waals surface area contributed by atoms with E-state index in [-0.39, 0.29) is 0 Å². The van der Waals surface area contributed by atoms with Gasteiger partial charge in [-0.1, -0.05) is 6.07 Å². The number of aromatic nitrogens is 5. The Labute approximate surface area is 157 Å². The van der Waals surface area contributed by atoms with Gasteiger partial charge in [-0.05, 0) is 44.4 Å². The summed E-state index contributed by atoms with van der Waals surface area (Å²) in [4.78, 5) is 9.62. The predicted octanol–water partition coefficient (Wildman–Crippen LogP) is 3.79. The fourth-order valence-electron chi connectivity index (χ4n) is 4.19. The van der Waals surface area contributed by atoms with Crippen molar-refractivity contribution < 1.29 is 4.74 Å². The minimum Gasteiger partial charge on any atom is -0.381 e. The lowest BCUT2D eigenvalue weighted by molar-refractivity contribution is 0.0835. The van der Waals surface area contributed by atoms with Crippen LogP contribution >= 0.6 is 0 Å². The van der Waals surface area contributed by atoms with E-state index in [1.807, 2.05) is 24.9 Å². The smallest absolute Gasteiger partial charge is 0.117 e. The average Bonchev–Trinajstić information content (AvgIpc) is 3.21. The van der Waals surface area contributed by atoms with Crippen LogP contribution in [0.4, 0.5) is 0 Å². The molecule has 5 rings (SSSR count). The molecule has 0 radical (unpaired) electrons. The van der Waals surface area contributed by atoms with Crippen LogP contribution in [0.1, 0.15) is 36.0 Å². The van der Waals surface area contributed by atoms with Gasteiger partial charge in [0, 0.05) is 37.9 Å². The van der Waals surface area contributed by atoms with Crippen LogP contribution in [0.25, 0.3) is 27.7 Å². The first kappa shape index (κ1) is 16.4. The van der Waals surface area contributed by atoms with Crippen molar-refractivity contribution in [1.29, 1.82) is 0 Å². The third-order valence-electron chi connectivity index (χ3n) is 5.58. The van der Waals surface area contributed by atoms with E-state index in [0.29, 0.717) is 5.92 Å². The Kier molecular flexibility index (Phi) is 3.75. The molecular formula is C21H23N5O. The summed E-state index contributed by atoms with van der Waals surface area (Å²) in [5, 5.41) is 4.49. The first-order chi connectivity index (χ1) is 13.1. The molecule has 6 nitrogen and oxygen atoms in total. The summed E-state index contributed by atoms with van der Waals surface area (Å²) < 4.78 is 9.73. The van der Waals surface area contributed by atoms with Gasteiger partial charge in [0.25, 0.3) is 0 Å². The number of hydrogen-bond acceptors (Lipinski definition) is 4. The van der Waals surface area contributed by atoms with Gasteiger partial charge in [-0.2, -0.15) is 5.10 Å². The van der Waals surface area contributed by atoms with Gasteiger partial charge in [-0.15, -0.1) is 0 Å². The maximum Gasteiger partial charge on any atom is 0.117 e. The minimum absolute atomic E-state index is 0.425. The van der Waals surface area contributed by atoms with E-state index in [9.17, 15) is 0 Å². The SMILES string of the molecule is Cc1nn(C)cc1-c1ccc2ncc3c(C)nc(C4CCOCC4)n3c2c1. The van der Waals surface area contributed by atoms with Crippen molar-refractivity contribution in [1.82, 2.24) is 24.1 Å². The van der Waals surface area contributed by atoms with E-state index >= 15 is 0 Å². The highest BCUT2D eigenvalue weighted by Gasteiger charge is 2.23. The van der Waals surface area contributed by atoms with Crippen molar-refractivity contribution in [3.63, 3.8) is 0 Å². The number of nitrogens with zero attached hydrogens (tertiary/aromatic N) is 5. The molecule has 0 amide bonds. The van der Waals surface area contributed by atoms with Crippen LogP contribution in [-0.2, 0) is 11.8 Å². The molecule has 1 fully saturated rings. The molecule has 1 aliphatic rings. The van der Waals surface area contributed by atoms with Crippen LogP contribution in [0.5, 0.6) is 0 Å². The van der Waals surface area contributed by atoms with Gasteiger partial charge in [-0.25, -0.2) is 4.98 Å². The summed E-state index contributed by atoms with van der Waals surface area (Å²) in [5.41, 5.74) is 7.56. The normalized spacial score (nSPS) is 15.8. The van der Waals surface area contributed by atoms with Crippen LogP contribution in [0, 0.1) is 13.8 Å². The second kappa shape index (κ2) is 6.16. The molecule has 1 aliphatic heterocycles. The molecule has 4 heterocycles.